The Labute approximate surface area is 133 Å². The van der Waals surface area contributed by atoms with E-state index in [1.54, 1.807) is 0 Å². The van der Waals surface area contributed by atoms with Crippen LogP contribution in [-0.2, 0) is 10.1 Å². The van der Waals surface area contributed by atoms with Crippen LogP contribution in [-0.4, -0.2) is 54.0 Å². The number of aromatic hydroxyl groups is 1. The summed E-state index contributed by atoms with van der Waals surface area (Å²) in [7, 11) is -3.14. The number of hydrogen-bond donors (Lipinski definition) is 3. The molecule has 2 aliphatic heterocycles. The smallest absolute Gasteiger partial charge is 0.288 e. The summed E-state index contributed by atoms with van der Waals surface area (Å²) in [5, 5.41) is 11.1. The molecule has 9 heteroatoms. The van der Waals surface area contributed by atoms with Crippen LogP contribution in [0.3, 0.4) is 0 Å². The second kappa shape index (κ2) is 5.14. The summed E-state index contributed by atoms with van der Waals surface area (Å²) in [6, 6.07) is 1.77. The Bertz CT molecular complexity index is 804. The van der Waals surface area contributed by atoms with Crippen LogP contribution < -0.4 is 10.1 Å². The lowest BCUT2D eigenvalue weighted by Gasteiger charge is -2.26. The van der Waals surface area contributed by atoms with Gasteiger partial charge in [0.2, 0.25) is 0 Å². The van der Waals surface area contributed by atoms with Crippen LogP contribution in [0.2, 0.25) is 0 Å². The van der Waals surface area contributed by atoms with Gasteiger partial charge in [-0.25, -0.2) is 0 Å². The zero-order chi connectivity index (χ0) is 16.9. The van der Waals surface area contributed by atoms with Crippen LogP contribution in [0.4, 0.5) is 5.69 Å². The lowest BCUT2D eigenvalue weighted by Crippen LogP contribution is -2.47. The summed E-state index contributed by atoms with van der Waals surface area (Å²) in [5.74, 6) is -0.563. The highest BCUT2D eigenvalue weighted by Crippen LogP contribution is 2.39. The summed E-state index contributed by atoms with van der Waals surface area (Å²) in [4.78, 5) is 14.1. The summed E-state index contributed by atoms with van der Waals surface area (Å²) < 4.78 is 38.0. The molecule has 0 spiro atoms. The maximum Gasteiger partial charge on any atom is 0.288 e. The normalized spacial score (nSPS) is 23.8. The number of ether oxygens (including phenoxy) is 1. The van der Waals surface area contributed by atoms with E-state index in [1.165, 1.54) is 24.1 Å². The number of phenols is 1. The lowest BCUT2D eigenvalue weighted by molar-refractivity contribution is 0.0746. The van der Waals surface area contributed by atoms with Gasteiger partial charge in [-0.05, 0) is 12.5 Å². The predicted octanol–water partition coefficient (Wildman–Crippen LogP) is 0.811. The number of nitrogens with one attached hydrogen (secondary N) is 1. The van der Waals surface area contributed by atoms with Crippen LogP contribution in [0, 0.1) is 0 Å². The molecule has 0 aliphatic carbocycles. The fourth-order valence-electron chi connectivity index (χ4n) is 3.03. The molecule has 1 saturated heterocycles. The van der Waals surface area contributed by atoms with Crippen molar-refractivity contribution in [2.75, 3.05) is 19.0 Å². The first kappa shape index (κ1) is 15.6. The maximum absolute atomic E-state index is 12.7. The van der Waals surface area contributed by atoms with E-state index in [-0.39, 0.29) is 35.7 Å². The SMILES string of the molecule is C=C1C[C@H]2C(S(=O)(=O)O)Nc3cc(O)c(OC)cc3C(=O)N2C1. The monoisotopic (exact) mass is 340 g/mol. The fraction of sp³-hybridized carbons (Fsp3) is 0.357. The number of nitrogens with zero attached hydrogens (tertiary/aromatic N) is 1. The minimum atomic E-state index is -4.48. The molecule has 3 N–H and O–H groups in total. The molecule has 1 aromatic carbocycles. The number of amides is 1. The van der Waals surface area contributed by atoms with Crippen LogP contribution in [0.15, 0.2) is 24.3 Å². The maximum atomic E-state index is 12.7. The molecule has 2 atom stereocenters. The van der Waals surface area contributed by atoms with Crippen molar-refractivity contribution < 1.29 is 27.6 Å². The van der Waals surface area contributed by atoms with Gasteiger partial charge in [0.25, 0.3) is 16.0 Å². The summed E-state index contributed by atoms with van der Waals surface area (Å²) >= 11 is 0. The molecule has 1 aromatic rings. The van der Waals surface area contributed by atoms with Gasteiger partial charge in [-0.1, -0.05) is 12.2 Å². The van der Waals surface area contributed by atoms with Gasteiger partial charge in [-0.3, -0.25) is 9.35 Å². The average Bonchev–Trinajstić information content (AvgIpc) is 2.79. The third kappa shape index (κ3) is 2.51. The molecule has 1 fully saturated rings. The summed E-state index contributed by atoms with van der Waals surface area (Å²) in [6.45, 7) is 4.01. The second-order valence-corrected chi connectivity index (χ2v) is 7.14. The van der Waals surface area contributed by atoms with Crippen molar-refractivity contribution in [2.45, 2.75) is 17.8 Å². The van der Waals surface area contributed by atoms with Crippen molar-refractivity contribution in [3.63, 3.8) is 0 Å². The Morgan fingerprint density at radius 2 is 2.13 bits per heavy atom. The number of rotatable bonds is 2. The van der Waals surface area contributed by atoms with Gasteiger partial charge < -0.3 is 20.1 Å². The van der Waals surface area contributed by atoms with Crippen molar-refractivity contribution in [3.05, 3.63) is 29.8 Å². The van der Waals surface area contributed by atoms with E-state index in [0.29, 0.717) is 5.57 Å². The van der Waals surface area contributed by atoms with Crippen molar-refractivity contribution in [2.24, 2.45) is 0 Å². The van der Waals surface area contributed by atoms with Gasteiger partial charge in [0, 0.05) is 12.6 Å². The first-order valence-electron chi connectivity index (χ1n) is 6.84. The number of anilines is 1. The minimum Gasteiger partial charge on any atom is -0.504 e. The number of hydrogen-bond acceptors (Lipinski definition) is 6. The molecule has 0 bridgehead atoms. The third-order valence-electron chi connectivity index (χ3n) is 4.07. The van der Waals surface area contributed by atoms with E-state index < -0.39 is 27.4 Å². The van der Waals surface area contributed by atoms with Crippen molar-refractivity contribution in [3.8, 4) is 11.5 Å². The molecule has 23 heavy (non-hydrogen) atoms. The van der Waals surface area contributed by atoms with Crippen molar-refractivity contribution >= 4 is 21.7 Å². The molecular formula is C14H16N2O6S. The molecule has 0 aromatic heterocycles. The second-order valence-electron chi connectivity index (χ2n) is 5.60. The minimum absolute atomic E-state index is 0.0961. The first-order chi connectivity index (χ1) is 10.7. The molecule has 1 amide bonds. The van der Waals surface area contributed by atoms with Crippen LogP contribution in [0.1, 0.15) is 16.8 Å². The number of carbonyl (C=O) groups excluding carboxylic acids is 1. The number of phenolic OH excluding ortho intramolecular Hbond substituents is 1. The molecule has 2 heterocycles. The summed E-state index contributed by atoms with van der Waals surface area (Å²) in [5.41, 5.74) is 0.981. The Hall–Kier alpha value is -2.26. The Balaban J connectivity index is 2.19. The summed E-state index contributed by atoms with van der Waals surface area (Å²) in [6.07, 6.45) is 0.264. The topological polar surface area (TPSA) is 116 Å². The molecule has 0 radical (unpaired) electrons. The third-order valence-corrected chi connectivity index (χ3v) is 5.14. The van der Waals surface area contributed by atoms with Gasteiger partial charge in [-0.2, -0.15) is 8.42 Å². The molecule has 8 nitrogen and oxygen atoms in total. The Morgan fingerprint density at radius 3 is 2.74 bits per heavy atom. The van der Waals surface area contributed by atoms with E-state index in [4.69, 9.17) is 4.74 Å². The van der Waals surface area contributed by atoms with Gasteiger partial charge in [0.1, 0.15) is 0 Å². The van der Waals surface area contributed by atoms with Gasteiger partial charge in [-0.15, -0.1) is 0 Å². The zero-order valence-electron chi connectivity index (χ0n) is 12.3. The Kier molecular flexibility index (Phi) is 3.49. The predicted molar refractivity (Wildman–Crippen MR) is 82.2 cm³/mol. The average molecular weight is 340 g/mol. The van der Waals surface area contributed by atoms with E-state index in [0.717, 1.165) is 0 Å². The lowest BCUT2D eigenvalue weighted by atomic mass is 10.1. The number of methoxy groups -OCH3 is 1. The van der Waals surface area contributed by atoms with Gasteiger partial charge in [0.05, 0.1) is 24.4 Å². The highest BCUT2D eigenvalue weighted by molar-refractivity contribution is 7.86. The van der Waals surface area contributed by atoms with Gasteiger partial charge >= 0.3 is 0 Å². The fourth-order valence-corrected chi connectivity index (χ4v) is 3.94. The number of benzene rings is 1. The highest BCUT2D eigenvalue weighted by atomic mass is 32.2. The molecule has 2 aliphatic rings. The van der Waals surface area contributed by atoms with Crippen molar-refractivity contribution in [1.29, 1.82) is 0 Å². The number of carbonyl (C=O) groups is 1. The highest BCUT2D eigenvalue weighted by Gasteiger charge is 2.45. The first-order valence-corrected chi connectivity index (χ1v) is 8.34. The molecule has 124 valence electrons. The standard InChI is InChI=1S/C14H16N2O6S/c1-7-3-10-13(23(19,20)21)15-9-5-11(17)12(22-2)4-8(9)14(18)16(10)6-7/h4-5,10,13,15,17H,1,3,6H2,2H3,(H,19,20,21)/t10-,13?/m0/s1. The molecule has 0 saturated carbocycles. The number of fused-ring (bicyclic) bond motifs is 2. The van der Waals surface area contributed by atoms with E-state index in [2.05, 4.69) is 11.9 Å². The van der Waals surface area contributed by atoms with E-state index in [9.17, 15) is 22.9 Å². The Morgan fingerprint density at radius 1 is 1.43 bits per heavy atom. The van der Waals surface area contributed by atoms with Crippen LogP contribution in [0.5, 0.6) is 11.5 Å². The molecule has 1 unspecified atom stereocenters. The van der Waals surface area contributed by atoms with Crippen molar-refractivity contribution in [1.82, 2.24) is 4.90 Å². The molecular weight excluding hydrogens is 324 g/mol. The molecule has 3 rings (SSSR count). The van der Waals surface area contributed by atoms with E-state index >= 15 is 0 Å². The largest absolute Gasteiger partial charge is 0.504 e. The van der Waals surface area contributed by atoms with Crippen LogP contribution >= 0.6 is 0 Å². The zero-order valence-corrected chi connectivity index (χ0v) is 13.1. The quantitative estimate of drug-likeness (QED) is 0.539. The van der Waals surface area contributed by atoms with Gasteiger partial charge in [0.15, 0.2) is 16.9 Å². The van der Waals surface area contributed by atoms with Crippen LogP contribution in [0.25, 0.3) is 0 Å². The van der Waals surface area contributed by atoms with E-state index in [1.807, 2.05) is 0 Å².